The topological polar surface area (TPSA) is 69.4 Å². The summed E-state index contributed by atoms with van der Waals surface area (Å²) in [6, 6.07) is 7.85. The zero-order valence-corrected chi connectivity index (χ0v) is 10.2. The molecule has 17 heavy (non-hydrogen) atoms. The van der Waals surface area contributed by atoms with E-state index in [0.29, 0.717) is 6.42 Å². The first-order valence-corrected chi connectivity index (χ1v) is 6.20. The zero-order valence-electron chi connectivity index (χ0n) is 9.38. The van der Waals surface area contributed by atoms with Crippen LogP contribution in [0.4, 0.5) is 0 Å². The van der Waals surface area contributed by atoms with Crippen LogP contribution in [0.2, 0.25) is 0 Å². The summed E-state index contributed by atoms with van der Waals surface area (Å²) in [7, 11) is 0. The Hall–Kier alpha value is -1.49. The third-order valence-electron chi connectivity index (χ3n) is 2.60. The molecule has 90 valence electrons. The summed E-state index contributed by atoms with van der Waals surface area (Å²) < 4.78 is 4.99. The van der Waals surface area contributed by atoms with Gasteiger partial charge in [-0.1, -0.05) is 18.2 Å². The highest BCUT2D eigenvalue weighted by molar-refractivity contribution is 8.01. The molecule has 0 bridgehead atoms. The van der Waals surface area contributed by atoms with Gasteiger partial charge in [0.05, 0.1) is 0 Å². The number of rotatable bonds is 3. The predicted octanol–water partition coefficient (Wildman–Crippen LogP) is 1.12. The SMILES string of the molecule is CC(OC(=O)C1Cc2ccccc2S1)C(N)=O. The molecular formula is C12H13NO3S. The summed E-state index contributed by atoms with van der Waals surface area (Å²) in [5, 5.41) is -0.269. The summed E-state index contributed by atoms with van der Waals surface area (Å²) in [5.41, 5.74) is 6.19. The predicted molar refractivity (Wildman–Crippen MR) is 64.5 cm³/mol. The molecule has 0 saturated heterocycles. The van der Waals surface area contributed by atoms with Gasteiger partial charge in [0.2, 0.25) is 0 Å². The van der Waals surface area contributed by atoms with Gasteiger partial charge in [0.15, 0.2) is 6.10 Å². The lowest BCUT2D eigenvalue weighted by Gasteiger charge is -2.12. The maximum Gasteiger partial charge on any atom is 0.320 e. The molecule has 1 aromatic carbocycles. The second-order valence-electron chi connectivity index (χ2n) is 3.90. The molecular weight excluding hydrogens is 238 g/mol. The van der Waals surface area contributed by atoms with Gasteiger partial charge in [-0.3, -0.25) is 9.59 Å². The monoisotopic (exact) mass is 251 g/mol. The molecule has 2 unspecified atom stereocenters. The molecule has 0 saturated carbocycles. The Morgan fingerprint density at radius 3 is 2.82 bits per heavy atom. The van der Waals surface area contributed by atoms with Crippen LogP contribution in [0.15, 0.2) is 29.2 Å². The maximum absolute atomic E-state index is 11.8. The van der Waals surface area contributed by atoms with E-state index >= 15 is 0 Å². The van der Waals surface area contributed by atoms with Gasteiger partial charge in [-0.2, -0.15) is 0 Å². The van der Waals surface area contributed by atoms with Crippen LogP contribution < -0.4 is 5.73 Å². The molecule has 0 spiro atoms. The van der Waals surface area contributed by atoms with Crippen molar-refractivity contribution in [2.75, 3.05) is 0 Å². The van der Waals surface area contributed by atoms with Gasteiger partial charge in [-0.25, -0.2) is 0 Å². The van der Waals surface area contributed by atoms with E-state index in [0.717, 1.165) is 10.5 Å². The standard InChI is InChI=1S/C12H13NO3S/c1-7(11(13)14)16-12(15)10-6-8-4-2-3-5-9(8)17-10/h2-5,7,10H,6H2,1H3,(H2,13,14). The Balaban J connectivity index is 1.99. The summed E-state index contributed by atoms with van der Waals surface area (Å²) in [4.78, 5) is 23.7. The van der Waals surface area contributed by atoms with Crippen LogP contribution in [0.3, 0.4) is 0 Å². The number of amides is 1. The van der Waals surface area contributed by atoms with Crippen molar-refractivity contribution in [3.63, 3.8) is 0 Å². The van der Waals surface area contributed by atoms with E-state index in [1.54, 1.807) is 0 Å². The fraction of sp³-hybridized carbons (Fsp3) is 0.333. The number of hydrogen-bond donors (Lipinski definition) is 1. The Morgan fingerprint density at radius 2 is 2.18 bits per heavy atom. The van der Waals surface area contributed by atoms with E-state index < -0.39 is 12.0 Å². The first kappa shape index (κ1) is 12.0. The van der Waals surface area contributed by atoms with E-state index in [4.69, 9.17) is 10.5 Å². The van der Waals surface area contributed by atoms with Crippen LogP contribution in [0, 0.1) is 0 Å². The average Bonchev–Trinajstić information content (AvgIpc) is 2.72. The molecule has 0 radical (unpaired) electrons. The van der Waals surface area contributed by atoms with Gasteiger partial charge in [-0.15, -0.1) is 11.8 Å². The quantitative estimate of drug-likeness (QED) is 0.817. The molecule has 2 atom stereocenters. The molecule has 1 heterocycles. The molecule has 0 aliphatic carbocycles. The van der Waals surface area contributed by atoms with Crippen molar-refractivity contribution in [2.24, 2.45) is 5.73 Å². The van der Waals surface area contributed by atoms with E-state index in [-0.39, 0.29) is 11.2 Å². The van der Waals surface area contributed by atoms with Crippen molar-refractivity contribution in [2.45, 2.75) is 29.6 Å². The Morgan fingerprint density at radius 1 is 1.47 bits per heavy atom. The smallest absolute Gasteiger partial charge is 0.320 e. The maximum atomic E-state index is 11.8. The molecule has 4 nitrogen and oxygen atoms in total. The van der Waals surface area contributed by atoms with Gasteiger partial charge in [0.25, 0.3) is 5.91 Å². The molecule has 1 aromatic rings. The van der Waals surface area contributed by atoms with E-state index in [1.165, 1.54) is 18.7 Å². The number of carbonyl (C=O) groups is 2. The van der Waals surface area contributed by atoms with Gasteiger partial charge in [-0.05, 0) is 25.0 Å². The number of fused-ring (bicyclic) bond motifs is 1. The van der Waals surface area contributed by atoms with Crippen molar-refractivity contribution in [3.05, 3.63) is 29.8 Å². The lowest BCUT2D eigenvalue weighted by atomic mass is 10.1. The van der Waals surface area contributed by atoms with Crippen molar-refractivity contribution in [1.29, 1.82) is 0 Å². The number of hydrogen-bond acceptors (Lipinski definition) is 4. The second kappa shape index (κ2) is 4.79. The minimum Gasteiger partial charge on any atom is -0.452 e. The van der Waals surface area contributed by atoms with Gasteiger partial charge >= 0.3 is 5.97 Å². The number of carbonyl (C=O) groups excluding carboxylic acids is 2. The van der Waals surface area contributed by atoms with E-state index in [2.05, 4.69) is 0 Å². The van der Waals surface area contributed by atoms with Crippen molar-refractivity contribution in [1.82, 2.24) is 0 Å². The second-order valence-corrected chi connectivity index (χ2v) is 5.14. The number of ether oxygens (including phenoxy) is 1. The van der Waals surface area contributed by atoms with Crippen LogP contribution in [0.5, 0.6) is 0 Å². The third kappa shape index (κ3) is 2.61. The van der Waals surface area contributed by atoms with Crippen LogP contribution in [-0.4, -0.2) is 23.2 Å². The normalized spacial score (nSPS) is 19.5. The van der Waals surface area contributed by atoms with Crippen molar-refractivity contribution in [3.8, 4) is 0 Å². The van der Waals surface area contributed by atoms with Gasteiger partial charge in [0, 0.05) is 4.90 Å². The third-order valence-corrected chi connectivity index (χ3v) is 3.90. The van der Waals surface area contributed by atoms with Crippen LogP contribution >= 0.6 is 11.8 Å². The molecule has 1 aliphatic rings. The van der Waals surface area contributed by atoms with Crippen LogP contribution in [-0.2, 0) is 20.7 Å². The Labute approximate surface area is 104 Å². The van der Waals surface area contributed by atoms with Crippen LogP contribution in [0.1, 0.15) is 12.5 Å². The van der Waals surface area contributed by atoms with Crippen molar-refractivity contribution < 1.29 is 14.3 Å². The molecule has 0 fully saturated rings. The fourth-order valence-electron chi connectivity index (χ4n) is 1.62. The van der Waals surface area contributed by atoms with Gasteiger partial charge in [0.1, 0.15) is 5.25 Å². The number of nitrogens with two attached hydrogens (primary N) is 1. The largest absolute Gasteiger partial charge is 0.452 e. The molecule has 1 aliphatic heterocycles. The summed E-state index contributed by atoms with van der Waals surface area (Å²) in [6.07, 6.45) is -0.225. The lowest BCUT2D eigenvalue weighted by molar-refractivity contribution is -0.153. The molecule has 0 aromatic heterocycles. The average molecular weight is 251 g/mol. The van der Waals surface area contributed by atoms with Crippen LogP contribution in [0.25, 0.3) is 0 Å². The highest BCUT2D eigenvalue weighted by Gasteiger charge is 2.30. The first-order chi connectivity index (χ1) is 8.08. The highest BCUT2D eigenvalue weighted by Crippen LogP contribution is 2.37. The number of thioether (sulfide) groups is 1. The van der Waals surface area contributed by atoms with Crippen molar-refractivity contribution >= 4 is 23.6 Å². The Kier molecular flexibility index (Phi) is 3.38. The first-order valence-electron chi connectivity index (χ1n) is 5.32. The Bertz CT molecular complexity index is 436. The highest BCUT2D eigenvalue weighted by atomic mass is 32.2. The van der Waals surface area contributed by atoms with Gasteiger partial charge < -0.3 is 10.5 Å². The zero-order chi connectivity index (χ0) is 12.4. The summed E-state index contributed by atoms with van der Waals surface area (Å²) >= 11 is 1.47. The minimum absolute atomic E-state index is 0.269. The lowest BCUT2D eigenvalue weighted by Crippen LogP contribution is -2.33. The fourth-order valence-corrected chi connectivity index (χ4v) is 2.80. The number of esters is 1. The number of benzene rings is 1. The number of primary amides is 1. The summed E-state index contributed by atoms with van der Waals surface area (Å²) in [5.74, 6) is -1.00. The van der Waals surface area contributed by atoms with E-state index in [1.807, 2.05) is 24.3 Å². The molecule has 5 heteroatoms. The molecule has 2 N–H and O–H groups in total. The minimum atomic E-state index is -0.869. The summed E-state index contributed by atoms with van der Waals surface area (Å²) in [6.45, 7) is 1.48. The molecule has 2 rings (SSSR count). The van der Waals surface area contributed by atoms with E-state index in [9.17, 15) is 9.59 Å². The molecule has 1 amide bonds.